The van der Waals surface area contributed by atoms with Gasteiger partial charge >= 0.3 is 0 Å². The topological polar surface area (TPSA) is 84.1 Å². The predicted octanol–water partition coefficient (Wildman–Crippen LogP) is 11.0. The normalized spacial score (nSPS) is 15.4. The SMILES string of the molecule is CCCCCCN(C(=O)c1ccc(-c2ccc(OCC3CO3)cc2)cc1)c1ccc(N(CCCCCC)C(=O)c2ccc(-c3ccc(OCC4CO4)cc3)cc2)cc1. The highest BCUT2D eigenvalue weighted by molar-refractivity contribution is 6.08. The smallest absolute Gasteiger partial charge is 0.258 e. The van der Waals surface area contributed by atoms with Crippen molar-refractivity contribution in [3.8, 4) is 33.8 Å². The number of hydrogen-bond acceptors (Lipinski definition) is 6. The largest absolute Gasteiger partial charge is 0.491 e. The average molecular weight is 781 g/mol. The molecular weight excluding hydrogens is 725 g/mol. The third kappa shape index (κ3) is 11.4. The van der Waals surface area contributed by atoms with Gasteiger partial charge in [-0.05, 0) is 108 Å². The molecule has 2 fully saturated rings. The molecule has 2 aliphatic heterocycles. The minimum atomic E-state index is -0.0375. The minimum Gasteiger partial charge on any atom is -0.491 e. The Labute approximate surface area is 343 Å². The highest BCUT2D eigenvalue weighted by Gasteiger charge is 2.24. The first-order valence-electron chi connectivity index (χ1n) is 21.1. The number of anilines is 2. The van der Waals surface area contributed by atoms with Gasteiger partial charge in [0, 0.05) is 35.6 Å². The number of amides is 2. The van der Waals surface area contributed by atoms with Gasteiger partial charge in [0.05, 0.1) is 13.2 Å². The summed E-state index contributed by atoms with van der Waals surface area (Å²) in [7, 11) is 0. The van der Waals surface area contributed by atoms with Crippen LogP contribution in [0.4, 0.5) is 11.4 Å². The molecule has 7 rings (SSSR count). The van der Waals surface area contributed by atoms with Crippen LogP contribution in [0.3, 0.4) is 0 Å². The second kappa shape index (κ2) is 20.3. The summed E-state index contributed by atoms with van der Waals surface area (Å²) in [5.41, 5.74) is 7.09. The van der Waals surface area contributed by atoms with E-state index >= 15 is 0 Å². The van der Waals surface area contributed by atoms with Crippen molar-refractivity contribution in [1.29, 1.82) is 0 Å². The first-order chi connectivity index (χ1) is 28.5. The lowest BCUT2D eigenvalue weighted by Gasteiger charge is -2.26. The van der Waals surface area contributed by atoms with Crippen LogP contribution >= 0.6 is 0 Å². The molecule has 2 atom stereocenters. The quantitative estimate of drug-likeness (QED) is 0.0514. The van der Waals surface area contributed by atoms with Crippen molar-refractivity contribution in [3.63, 3.8) is 0 Å². The van der Waals surface area contributed by atoms with Gasteiger partial charge in [0.2, 0.25) is 0 Å². The van der Waals surface area contributed by atoms with Crippen molar-refractivity contribution < 1.29 is 28.5 Å². The van der Waals surface area contributed by atoms with Crippen molar-refractivity contribution >= 4 is 23.2 Å². The molecule has 8 heteroatoms. The maximum atomic E-state index is 14.2. The molecule has 8 nitrogen and oxygen atoms in total. The lowest BCUT2D eigenvalue weighted by Crippen LogP contribution is -2.33. The van der Waals surface area contributed by atoms with Crippen LogP contribution in [0.1, 0.15) is 85.9 Å². The number of benzene rings is 5. The first-order valence-corrected chi connectivity index (χ1v) is 21.1. The molecule has 2 aliphatic rings. The zero-order valence-electron chi connectivity index (χ0n) is 33.9. The number of nitrogens with zero attached hydrogens (tertiary/aromatic N) is 2. The first kappa shape index (κ1) is 40.7. The van der Waals surface area contributed by atoms with Crippen LogP contribution in [0.25, 0.3) is 22.3 Å². The molecule has 0 spiro atoms. The van der Waals surface area contributed by atoms with Crippen LogP contribution in [-0.4, -0.2) is 63.5 Å². The van der Waals surface area contributed by atoms with Crippen LogP contribution in [-0.2, 0) is 9.47 Å². The van der Waals surface area contributed by atoms with Crippen LogP contribution in [0, 0.1) is 0 Å². The van der Waals surface area contributed by atoms with Gasteiger partial charge in [0.1, 0.15) is 36.9 Å². The Balaban J connectivity index is 1.05. The number of epoxide rings is 2. The zero-order valence-corrected chi connectivity index (χ0v) is 33.9. The number of carbonyl (C=O) groups excluding carboxylic acids is 2. The number of ether oxygens (including phenoxy) is 4. The van der Waals surface area contributed by atoms with E-state index in [9.17, 15) is 9.59 Å². The average Bonchev–Trinajstić information content (AvgIpc) is 4.22. The number of carbonyl (C=O) groups is 2. The molecule has 0 aliphatic carbocycles. The summed E-state index contributed by atoms with van der Waals surface area (Å²) < 4.78 is 22.1. The zero-order chi connectivity index (χ0) is 40.1. The number of unbranched alkanes of at least 4 members (excludes halogenated alkanes) is 6. The van der Waals surface area contributed by atoms with Crippen LogP contribution in [0.5, 0.6) is 11.5 Å². The van der Waals surface area contributed by atoms with Crippen molar-refractivity contribution in [3.05, 3.63) is 132 Å². The second-order valence-corrected chi connectivity index (χ2v) is 15.3. The van der Waals surface area contributed by atoms with Gasteiger partial charge in [0.15, 0.2) is 0 Å². The maximum Gasteiger partial charge on any atom is 0.258 e. The highest BCUT2D eigenvalue weighted by atomic mass is 16.6. The summed E-state index contributed by atoms with van der Waals surface area (Å²) in [4.78, 5) is 32.1. The van der Waals surface area contributed by atoms with Gasteiger partial charge in [-0.1, -0.05) is 101 Å². The third-order valence-corrected chi connectivity index (χ3v) is 10.7. The Kier molecular flexibility index (Phi) is 14.3. The monoisotopic (exact) mass is 780 g/mol. The fraction of sp³-hybridized carbons (Fsp3) is 0.360. The molecule has 0 bridgehead atoms. The maximum absolute atomic E-state index is 14.2. The fourth-order valence-corrected chi connectivity index (χ4v) is 7.02. The molecule has 5 aromatic carbocycles. The Morgan fingerprint density at radius 2 is 0.810 bits per heavy atom. The predicted molar refractivity (Wildman–Crippen MR) is 232 cm³/mol. The Bertz CT molecular complexity index is 1890. The summed E-state index contributed by atoms with van der Waals surface area (Å²) >= 11 is 0. The molecule has 5 aromatic rings. The van der Waals surface area contributed by atoms with Crippen LogP contribution in [0.15, 0.2) is 121 Å². The molecule has 2 saturated heterocycles. The molecule has 2 amide bonds. The van der Waals surface area contributed by atoms with Crippen LogP contribution in [0.2, 0.25) is 0 Å². The van der Waals surface area contributed by atoms with E-state index in [1.54, 1.807) is 0 Å². The van der Waals surface area contributed by atoms with Crippen molar-refractivity contribution in [2.24, 2.45) is 0 Å². The van der Waals surface area contributed by atoms with Gasteiger partial charge in [-0.2, -0.15) is 0 Å². The summed E-state index contributed by atoms with van der Waals surface area (Å²) in [6.45, 7) is 8.30. The molecule has 2 heterocycles. The standard InChI is InChI=1S/C50H56N2O6/c1-3-5-7-9-31-51(49(53)41-15-11-37(12-16-41)39-19-27-45(28-20-39)55-33-47-35-57-47)43-23-25-44(26-24-43)52(32-10-8-6-4-2)50(54)42-17-13-38(14-18-42)40-21-29-46(30-22-40)56-34-48-36-58-48/h11-30,47-48H,3-10,31-36H2,1-2H3. The number of rotatable bonds is 22. The molecule has 2 unspecified atom stereocenters. The highest BCUT2D eigenvalue weighted by Crippen LogP contribution is 2.29. The van der Waals surface area contributed by atoms with Crippen LogP contribution < -0.4 is 19.3 Å². The minimum absolute atomic E-state index is 0.0375. The molecular formula is C50H56N2O6. The summed E-state index contributed by atoms with van der Waals surface area (Å²) in [5.74, 6) is 1.56. The molecule has 0 N–H and O–H groups in total. The van der Waals surface area contributed by atoms with Gasteiger partial charge in [-0.25, -0.2) is 0 Å². The van der Waals surface area contributed by atoms with Gasteiger partial charge in [-0.3, -0.25) is 9.59 Å². The summed E-state index contributed by atoms with van der Waals surface area (Å²) in [6.07, 6.45) is 8.85. The Hall–Kier alpha value is -5.44. The Morgan fingerprint density at radius 1 is 0.483 bits per heavy atom. The van der Waals surface area contributed by atoms with E-state index in [4.69, 9.17) is 18.9 Å². The summed E-state index contributed by atoms with van der Waals surface area (Å²) in [6, 6.07) is 39.7. The third-order valence-electron chi connectivity index (χ3n) is 10.7. The molecule has 58 heavy (non-hydrogen) atoms. The second-order valence-electron chi connectivity index (χ2n) is 15.3. The Morgan fingerprint density at radius 3 is 1.12 bits per heavy atom. The number of hydrogen-bond donors (Lipinski definition) is 0. The van der Waals surface area contributed by atoms with Gasteiger partial charge < -0.3 is 28.7 Å². The molecule has 0 saturated carbocycles. The van der Waals surface area contributed by atoms with E-state index in [1.807, 2.05) is 131 Å². The lowest BCUT2D eigenvalue weighted by atomic mass is 10.0. The van der Waals surface area contributed by atoms with E-state index in [0.29, 0.717) is 37.4 Å². The van der Waals surface area contributed by atoms with Crippen molar-refractivity contribution in [2.45, 2.75) is 77.4 Å². The van der Waals surface area contributed by atoms with E-state index in [1.165, 1.54) is 0 Å². The molecule has 302 valence electrons. The summed E-state index contributed by atoms with van der Waals surface area (Å²) in [5, 5.41) is 0. The van der Waals surface area contributed by atoms with Crippen molar-refractivity contribution in [1.82, 2.24) is 0 Å². The van der Waals surface area contributed by atoms with E-state index in [-0.39, 0.29) is 24.0 Å². The van der Waals surface area contributed by atoms with E-state index in [0.717, 1.165) is 110 Å². The lowest BCUT2D eigenvalue weighted by molar-refractivity contribution is 0.0978. The van der Waals surface area contributed by atoms with Crippen molar-refractivity contribution in [2.75, 3.05) is 49.3 Å². The van der Waals surface area contributed by atoms with E-state index < -0.39 is 0 Å². The fourth-order valence-electron chi connectivity index (χ4n) is 7.02. The molecule has 0 aromatic heterocycles. The van der Waals surface area contributed by atoms with Gasteiger partial charge in [-0.15, -0.1) is 0 Å². The van der Waals surface area contributed by atoms with Gasteiger partial charge in [0.25, 0.3) is 11.8 Å². The molecule has 0 radical (unpaired) electrons. The van der Waals surface area contributed by atoms with E-state index in [2.05, 4.69) is 13.8 Å².